The van der Waals surface area contributed by atoms with Crippen molar-refractivity contribution in [3.05, 3.63) is 94.4 Å². The van der Waals surface area contributed by atoms with E-state index in [0.717, 1.165) is 11.3 Å². The number of carbonyl (C=O) groups is 1. The van der Waals surface area contributed by atoms with Crippen molar-refractivity contribution in [2.24, 2.45) is 0 Å². The Morgan fingerprint density at radius 3 is 2.27 bits per heavy atom. The third kappa shape index (κ3) is 2.73. The number of benzene rings is 2. The maximum atomic E-state index is 13.0. The summed E-state index contributed by atoms with van der Waals surface area (Å²) in [5, 5.41) is 16.2. The summed E-state index contributed by atoms with van der Waals surface area (Å²) < 4.78 is 1.54. The lowest BCUT2D eigenvalue weighted by Crippen LogP contribution is -2.03. The van der Waals surface area contributed by atoms with Crippen LogP contribution in [0.1, 0.15) is 21.1 Å². The van der Waals surface area contributed by atoms with Crippen LogP contribution in [0.5, 0.6) is 0 Å². The lowest BCUT2D eigenvalue weighted by molar-refractivity contribution is 0.103. The third-order valence-electron chi connectivity index (χ3n) is 4.01. The lowest BCUT2D eigenvalue weighted by atomic mass is 10.0. The minimum Gasteiger partial charge on any atom is -0.286 e. The quantitative estimate of drug-likeness (QED) is 0.498. The first-order valence-corrected chi connectivity index (χ1v) is 8.89. The molecular formula is C21H13N3OS. The van der Waals surface area contributed by atoms with E-state index < -0.39 is 0 Å². The van der Waals surface area contributed by atoms with Gasteiger partial charge in [-0.05, 0) is 29.1 Å². The molecule has 0 spiro atoms. The highest BCUT2D eigenvalue weighted by Gasteiger charge is 2.26. The predicted molar refractivity (Wildman–Crippen MR) is 101 cm³/mol. The molecule has 0 radical (unpaired) electrons. The first-order chi connectivity index (χ1) is 12.8. The van der Waals surface area contributed by atoms with Crippen molar-refractivity contribution in [3.63, 3.8) is 0 Å². The molecule has 2 heterocycles. The van der Waals surface area contributed by atoms with Crippen molar-refractivity contribution in [2.75, 3.05) is 0 Å². The van der Waals surface area contributed by atoms with Crippen LogP contribution in [-0.4, -0.2) is 15.6 Å². The number of aromatic nitrogens is 2. The normalized spacial score (nSPS) is 10.4. The Hall–Kier alpha value is -3.49. The zero-order chi connectivity index (χ0) is 17.9. The van der Waals surface area contributed by atoms with Gasteiger partial charge < -0.3 is 0 Å². The van der Waals surface area contributed by atoms with Gasteiger partial charge in [-0.1, -0.05) is 54.6 Å². The molecule has 124 valence electrons. The van der Waals surface area contributed by atoms with Crippen molar-refractivity contribution >= 4 is 17.1 Å². The molecule has 4 aromatic rings. The van der Waals surface area contributed by atoms with Gasteiger partial charge in [0.15, 0.2) is 5.69 Å². The van der Waals surface area contributed by atoms with Crippen LogP contribution in [-0.2, 0) is 0 Å². The van der Waals surface area contributed by atoms with Crippen LogP contribution in [0.2, 0.25) is 0 Å². The van der Waals surface area contributed by atoms with Gasteiger partial charge in [0, 0.05) is 5.56 Å². The van der Waals surface area contributed by atoms with Crippen molar-refractivity contribution in [1.29, 1.82) is 5.26 Å². The summed E-state index contributed by atoms with van der Waals surface area (Å²) in [5.74, 6) is -0.176. The Morgan fingerprint density at radius 1 is 0.962 bits per heavy atom. The molecule has 0 saturated carbocycles. The molecule has 0 aliphatic carbocycles. The SMILES string of the molecule is N#Cc1c(-c2ccccc2)c(C(=O)c2cccs2)nn1-c1ccccc1. The molecule has 4 nitrogen and oxygen atoms in total. The van der Waals surface area contributed by atoms with Gasteiger partial charge in [-0.3, -0.25) is 4.79 Å². The summed E-state index contributed by atoms with van der Waals surface area (Å²) in [5.41, 5.74) is 2.74. The smallest absolute Gasteiger partial charge is 0.223 e. The van der Waals surface area contributed by atoms with E-state index in [0.29, 0.717) is 21.8 Å². The molecule has 0 aliphatic rings. The summed E-state index contributed by atoms with van der Waals surface area (Å²) in [6.07, 6.45) is 0. The molecule has 4 rings (SSSR count). The molecule has 0 N–H and O–H groups in total. The van der Waals surface area contributed by atoms with E-state index in [1.165, 1.54) is 11.3 Å². The van der Waals surface area contributed by atoms with Gasteiger partial charge in [0.05, 0.1) is 10.6 Å². The molecule has 2 aromatic heterocycles. The maximum absolute atomic E-state index is 13.0. The minimum absolute atomic E-state index is 0.176. The zero-order valence-electron chi connectivity index (χ0n) is 13.7. The Kier molecular flexibility index (Phi) is 4.18. The summed E-state index contributed by atoms with van der Waals surface area (Å²) in [7, 11) is 0. The van der Waals surface area contributed by atoms with Gasteiger partial charge in [0.1, 0.15) is 11.8 Å². The first kappa shape index (κ1) is 16.0. The van der Waals surface area contributed by atoms with Gasteiger partial charge in [-0.25, -0.2) is 4.68 Å². The van der Waals surface area contributed by atoms with Crippen molar-refractivity contribution in [2.45, 2.75) is 0 Å². The fourth-order valence-corrected chi connectivity index (χ4v) is 3.50. The number of hydrogen-bond acceptors (Lipinski definition) is 4. The largest absolute Gasteiger partial charge is 0.286 e. The van der Waals surface area contributed by atoms with Gasteiger partial charge in [0.2, 0.25) is 5.78 Å². The number of hydrogen-bond donors (Lipinski definition) is 0. The van der Waals surface area contributed by atoms with Crippen molar-refractivity contribution < 1.29 is 4.79 Å². The predicted octanol–water partition coefficient (Wildman–Crippen LogP) is 4.70. The highest BCUT2D eigenvalue weighted by molar-refractivity contribution is 7.12. The molecular weight excluding hydrogens is 342 g/mol. The van der Waals surface area contributed by atoms with Gasteiger partial charge in [-0.15, -0.1) is 11.3 Å². The molecule has 5 heteroatoms. The molecule has 0 fully saturated rings. The summed E-state index contributed by atoms with van der Waals surface area (Å²) in [4.78, 5) is 13.6. The highest BCUT2D eigenvalue weighted by Crippen LogP contribution is 2.31. The van der Waals surface area contributed by atoms with Crippen LogP contribution >= 0.6 is 11.3 Å². The van der Waals surface area contributed by atoms with Gasteiger partial charge in [-0.2, -0.15) is 10.4 Å². The third-order valence-corrected chi connectivity index (χ3v) is 4.88. The van der Waals surface area contributed by atoms with E-state index >= 15 is 0 Å². The number of nitriles is 1. The fourth-order valence-electron chi connectivity index (χ4n) is 2.84. The highest BCUT2D eigenvalue weighted by atomic mass is 32.1. The Balaban J connectivity index is 2.00. The average molecular weight is 355 g/mol. The molecule has 2 aromatic carbocycles. The minimum atomic E-state index is -0.176. The van der Waals surface area contributed by atoms with Crippen LogP contribution in [0.25, 0.3) is 16.8 Å². The van der Waals surface area contributed by atoms with E-state index in [-0.39, 0.29) is 5.78 Å². The monoisotopic (exact) mass is 355 g/mol. The molecule has 0 saturated heterocycles. The van der Waals surface area contributed by atoms with Gasteiger partial charge >= 0.3 is 0 Å². The molecule has 0 aliphatic heterocycles. The van der Waals surface area contributed by atoms with Crippen LogP contribution in [0.15, 0.2) is 78.2 Å². The second-order valence-corrected chi connectivity index (χ2v) is 6.55. The van der Waals surface area contributed by atoms with Crippen LogP contribution in [0, 0.1) is 11.3 Å². The van der Waals surface area contributed by atoms with E-state index in [9.17, 15) is 10.1 Å². The summed E-state index contributed by atoms with van der Waals surface area (Å²) in [6, 6.07) is 24.7. The first-order valence-electron chi connectivity index (χ1n) is 8.02. The molecule has 0 atom stereocenters. The standard InChI is InChI=1S/C21H13N3OS/c22-14-17-19(15-8-3-1-4-9-15)20(21(25)18-12-7-13-26-18)23-24(17)16-10-5-2-6-11-16/h1-13H. The number of thiophene rings is 1. The molecule has 26 heavy (non-hydrogen) atoms. The molecule has 0 amide bonds. The number of nitrogens with zero attached hydrogens (tertiary/aromatic N) is 3. The summed E-state index contributed by atoms with van der Waals surface area (Å²) in [6.45, 7) is 0. The topological polar surface area (TPSA) is 58.7 Å². The van der Waals surface area contributed by atoms with Gasteiger partial charge in [0.25, 0.3) is 0 Å². The number of rotatable bonds is 4. The second-order valence-electron chi connectivity index (χ2n) is 5.60. The molecule has 0 bridgehead atoms. The number of para-hydroxylation sites is 1. The van der Waals surface area contributed by atoms with E-state index in [1.54, 1.807) is 10.7 Å². The van der Waals surface area contributed by atoms with Crippen molar-refractivity contribution in [3.8, 4) is 22.9 Å². The number of carbonyl (C=O) groups excluding carboxylic acids is 1. The Labute approximate surface area is 154 Å². The fraction of sp³-hybridized carbons (Fsp3) is 0. The van der Waals surface area contributed by atoms with Crippen LogP contribution < -0.4 is 0 Å². The van der Waals surface area contributed by atoms with E-state index in [4.69, 9.17) is 0 Å². The zero-order valence-corrected chi connectivity index (χ0v) is 14.5. The Morgan fingerprint density at radius 2 is 1.65 bits per heavy atom. The van der Waals surface area contributed by atoms with E-state index in [2.05, 4.69) is 11.2 Å². The lowest BCUT2D eigenvalue weighted by Gasteiger charge is -2.03. The second kappa shape index (κ2) is 6.79. The van der Waals surface area contributed by atoms with Crippen LogP contribution in [0.4, 0.5) is 0 Å². The maximum Gasteiger partial charge on any atom is 0.223 e. The summed E-state index contributed by atoms with van der Waals surface area (Å²) >= 11 is 1.37. The van der Waals surface area contributed by atoms with E-state index in [1.807, 2.05) is 72.1 Å². The van der Waals surface area contributed by atoms with Crippen molar-refractivity contribution in [1.82, 2.24) is 9.78 Å². The average Bonchev–Trinajstić information content (AvgIpc) is 3.36. The van der Waals surface area contributed by atoms with Crippen LogP contribution in [0.3, 0.4) is 0 Å². The molecule has 0 unspecified atom stereocenters. The number of ketones is 1. The Bertz CT molecular complexity index is 1090.